The molecular weight excluding hydrogens is 344 g/mol. The summed E-state index contributed by atoms with van der Waals surface area (Å²) in [7, 11) is 0. The molecule has 0 radical (unpaired) electrons. The molecule has 0 saturated heterocycles. The Balaban J connectivity index is 1.93. The van der Waals surface area contributed by atoms with Crippen molar-refractivity contribution in [2.75, 3.05) is 11.1 Å². The highest BCUT2D eigenvalue weighted by molar-refractivity contribution is 6.33. The summed E-state index contributed by atoms with van der Waals surface area (Å²) < 4.78 is 0. The van der Waals surface area contributed by atoms with Gasteiger partial charge in [-0.3, -0.25) is 9.59 Å². The van der Waals surface area contributed by atoms with Gasteiger partial charge < -0.3 is 21.3 Å². The highest BCUT2D eigenvalue weighted by Gasteiger charge is 2.37. The number of hydrogen-bond acceptors (Lipinski definition) is 6. The molecule has 1 aliphatic carbocycles. The average Bonchev–Trinajstić information content (AvgIpc) is 2.64. The molecule has 0 aliphatic heterocycles. The number of phenolic OH excluding ortho intramolecular Hbond substituents is 2. The molecular formula is C21H16N2O4. The lowest BCUT2D eigenvalue weighted by molar-refractivity contribution is 0.0975. The van der Waals surface area contributed by atoms with Gasteiger partial charge in [-0.05, 0) is 43.3 Å². The van der Waals surface area contributed by atoms with E-state index in [9.17, 15) is 19.8 Å². The van der Waals surface area contributed by atoms with E-state index in [1.807, 2.05) is 31.2 Å². The second-order valence-corrected chi connectivity index (χ2v) is 6.46. The van der Waals surface area contributed by atoms with Crippen LogP contribution in [0, 0.1) is 6.92 Å². The number of anilines is 3. The third-order valence-corrected chi connectivity index (χ3v) is 4.64. The number of fused-ring (bicyclic) bond motifs is 2. The van der Waals surface area contributed by atoms with Crippen molar-refractivity contribution in [1.29, 1.82) is 0 Å². The summed E-state index contributed by atoms with van der Waals surface area (Å²) in [4.78, 5) is 26.1. The van der Waals surface area contributed by atoms with Gasteiger partial charge in [-0.15, -0.1) is 0 Å². The van der Waals surface area contributed by atoms with Gasteiger partial charge in [0, 0.05) is 11.4 Å². The number of nitrogens with one attached hydrogen (secondary N) is 1. The Bertz CT molecular complexity index is 1120. The first-order valence-electron chi connectivity index (χ1n) is 8.29. The van der Waals surface area contributed by atoms with Gasteiger partial charge in [0.15, 0.2) is 0 Å². The number of carbonyl (C=O) groups excluding carboxylic acids is 2. The predicted octanol–water partition coefficient (Wildman–Crippen LogP) is 3.51. The van der Waals surface area contributed by atoms with Gasteiger partial charge in [0.2, 0.25) is 11.6 Å². The van der Waals surface area contributed by atoms with E-state index >= 15 is 0 Å². The van der Waals surface area contributed by atoms with Crippen molar-refractivity contribution in [3.8, 4) is 11.5 Å². The zero-order valence-electron chi connectivity index (χ0n) is 14.4. The van der Waals surface area contributed by atoms with E-state index in [4.69, 9.17) is 5.73 Å². The van der Waals surface area contributed by atoms with Crippen molar-refractivity contribution in [2.24, 2.45) is 0 Å². The molecule has 0 bridgehead atoms. The Morgan fingerprint density at radius 2 is 1.30 bits per heavy atom. The standard InChI is InChI=1S/C21H16N2O4/c1-10-2-4-11(5-3-10)23-13-7-9-15(25)19-17(13)21(27)18-14(24)8-6-12(22)16(18)20(19)26/h2-9,23-25H,22H2,1H3. The van der Waals surface area contributed by atoms with Crippen molar-refractivity contribution in [3.63, 3.8) is 0 Å². The number of aromatic hydroxyl groups is 2. The number of ketones is 2. The summed E-state index contributed by atoms with van der Waals surface area (Å²) in [6, 6.07) is 13.0. The van der Waals surface area contributed by atoms with Crippen molar-refractivity contribution >= 4 is 28.6 Å². The molecule has 3 aromatic rings. The lowest BCUT2D eigenvalue weighted by Gasteiger charge is -2.23. The highest BCUT2D eigenvalue weighted by atomic mass is 16.3. The van der Waals surface area contributed by atoms with Crippen LogP contribution < -0.4 is 11.1 Å². The first-order valence-corrected chi connectivity index (χ1v) is 8.29. The third-order valence-electron chi connectivity index (χ3n) is 4.64. The quantitative estimate of drug-likeness (QED) is 0.321. The lowest BCUT2D eigenvalue weighted by Crippen LogP contribution is -2.23. The number of benzene rings is 3. The van der Waals surface area contributed by atoms with Crippen LogP contribution in [0.5, 0.6) is 11.5 Å². The van der Waals surface area contributed by atoms with Crippen molar-refractivity contribution in [2.45, 2.75) is 6.92 Å². The van der Waals surface area contributed by atoms with Crippen LogP contribution in [0.25, 0.3) is 0 Å². The van der Waals surface area contributed by atoms with Crippen molar-refractivity contribution in [3.05, 3.63) is 76.3 Å². The zero-order chi connectivity index (χ0) is 19.3. The molecule has 0 spiro atoms. The fraction of sp³-hybridized carbons (Fsp3) is 0.0476. The molecule has 0 atom stereocenters. The van der Waals surface area contributed by atoms with Crippen LogP contribution >= 0.6 is 0 Å². The molecule has 6 nitrogen and oxygen atoms in total. The highest BCUT2D eigenvalue weighted by Crippen LogP contribution is 2.42. The van der Waals surface area contributed by atoms with Gasteiger partial charge in [0.1, 0.15) is 11.5 Å². The molecule has 27 heavy (non-hydrogen) atoms. The first kappa shape index (κ1) is 16.7. The first-order chi connectivity index (χ1) is 12.9. The topological polar surface area (TPSA) is 113 Å². The van der Waals surface area contributed by atoms with Crippen molar-refractivity contribution < 1.29 is 19.8 Å². The molecule has 5 N–H and O–H groups in total. The number of phenols is 2. The largest absolute Gasteiger partial charge is 0.507 e. The zero-order valence-corrected chi connectivity index (χ0v) is 14.4. The van der Waals surface area contributed by atoms with Crippen LogP contribution in [-0.2, 0) is 0 Å². The molecule has 6 heteroatoms. The van der Waals surface area contributed by atoms with E-state index in [0.29, 0.717) is 5.69 Å². The summed E-state index contributed by atoms with van der Waals surface area (Å²) in [6.45, 7) is 1.96. The minimum atomic E-state index is -0.599. The Labute approximate surface area is 154 Å². The maximum Gasteiger partial charge on any atom is 0.200 e. The van der Waals surface area contributed by atoms with Crippen LogP contribution in [0.4, 0.5) is 17.1 Å². The molecule has 1 aliphatic rings. The van der Waals surface area contributed by atoms with E-state index < -0.39 is 11.6 Å². The Hall–Kier alpha value is -3.80. The van der Waals surface area contributed by atoms with E-state index in [2.05, 4.69) is 5.32 Å². The smallest absolute Gasteiger partial charge is 0.200 e. The molecule has 4 rings (SSSR count). The molecule has 0 fully saturated rings. The minimum absolute atomic E-state index is 0.00831. The van der Waals surface area contributed by atoms with E-state index in [1.165, 1.54) is 24.3 Å². The van der Waals surface area contributed by atoms with Gasteiger partial charge in [0.05, 0.1) is 27.9 Å². The summed E-state index contributed by atoms with van der Waals surface area (Å²) in [5.74, 6) is -1.81. The second kappa shape index (κ2) is 5.88. The molecule has 0 unspecified atom stereocenters. The summed E-state index contributed by atoms with van der Waals surface area (Å²) in [5.41, 5.74) is 7.74. The monoisotopic (exact) mass is 360 g/mol. The fourth-order valence-corrected chi connectivity index (χ4v) is 3.29. The number of nitrogens with two attached hydrogens (primary N) is 1. The Morgan fingerprint density at radius 1 is 0.741 bits per heavy atom. The molecule has 3 aromatic carbocycles. The summed E-state index contributed by atoms with van der Waals surface area (Å²) >= 11 is 0. The van der Waals surface area contributed by atoms with Gasteiger partial charge in [0.25, 0.3) is 0 Å². The van der Waals surface area contributed by atoms with Crippen LogP contribution in [0.15, 0.2) is 48.5 Å². The summed E-state index contributed by atoms with van der Waals surface area (Å²) in [5, 5.41) is 23.5. The second-order valence-electron chi connectivity index (χ2n) is 6.46. The molecule has 0 amide bonds. The van der Waals surface area contributed by atoms with Crippen LogP contribution in [0.1, 0.15) is 37.4 Å². The van der Waals surface area contributed by atoms with E-state index in [0.717, 1.165) is 11.3 Å². The van der Waals surface area contributed by atoms with Gasteiger partial charge >= 0.3 is 0 Å². The molecule has 0 saturated carbocycles. The Kier molecular flexibility index (Phi) is 3.63. The maximum absolute atomic E-state index is 13.1. The maximum atomic E-state index is 13.1. The number of aryl methyl sites for hydroxylation is 1. The number of nitrogen functional groups attached to an aromatic ring is 1. The van der Waals surface area contributed by atoms with E-state index in [-0.39, 0.29) is 39.4 Å². The number of rotatable bonds is 2. The Morgan fingerprint density at radius 3 is 1.96 bits per heavy atom. The van der Waals surface area contributed by atoms with Crippen LogP contribution in [0.3, 0.4) is 0 Å². The average molecular weight is 360 g/mol. The lowest BCUT2D eigenvalue weighted by atomic mass is 9.81. The molecule has 134 valence electrons. The number of carbonyl (C=O) groups is 2. The normalized spacial score (nSPS) is 12.5. The minimum Gasteiger partial charge on any atom is -0.507 e. The van der Waals surface area contributed by atoms with Crippen LogP contribution in [0.2, 0.25) is 0 Å². The van der Waals surface area contributed by atoms with Crippen LogP contribution in [-0.4, -0.2) is 21.8 Å². The third kappa shape index (κ3) is 2.50. The fourth-order valence-electron chi connectivity index (χ4n) is 3.29. The summed E-state index contributed by atoms with van der Waals surface area (Å²) in [6.07, 6.45) is 0. The van der Waals surface area contributed by atoms with Crippen molar-refractivity contribution in [1.82, 2.24) is 0 Å². The number of hydrogen-bond donors (Lipinski definition) is 4. The van der Waals surface area contributed by atoms with E-state index in [1.54, 1.807) is 0 Å². The van der Waals surface area contributed by atoms with Gasteiger partial charge in [-0.25, -0.2) is 0 Å². The molecule has 0 aromatic heterocycles. The van der Waals surface area contributed by atoms with Gasteiger partial charge in [-0.2, -0.15) is 0 Å². The SMILES string of the molecule is Cc1ccc(Nc2ccc(O)c3c2C(=O)c2c(O)ccc(N)c2C3=O)cc1. The van der Waals surface area contributed by atoms with Gasteiger partial charge in [-0.1, -0.05) is 17.7 Å². The molecule has 0 heterocycles. The predicted molar refractivity (Wildman–Crippen MR) is 102 cm³/mol.